The highest BCUT2D eigenvalue weighted by Crippen LogP contribution is 2.16. The fourth-order valence-electron chi connectivity index (χ4n) is 1.75. The van der Waals surface area contributed by atoms with Crippen molar-refractivity contribution in [2.75, 3.05) is 12.0 Å². The molecular formula is C13H20ClNO2S. The second-order valence-corrected chi connectivity index (χ2v) is 7.46. The van der Waals surface area contributed by atoms with Gasteiger partial charge in [-0.05, 0) is 38.0 Å². The number of sulfone groups is 1. The summed E-state index contributed by atoms with van der Waals surface area (Å²) in [5.74, 6) is 0.217. The SMILES string of the molecule is C[C@@H](CCS(C)(=O)=O)N[C@H](C)c1ccc(Cl)cc1. The lowest BCUT2D eigenvalue weighted by molar-refractivity contribution is 0.468. The molecule has 0 bridgehead atoms. The zero-order valence-electron chi connectivity index (χ0n) is 11.0. The quantitative estimate of drug-likeness (QED) is 0.876. The van der Waals surface area contributed by atoms with Gasteiger partial charge in [0.05, 0.1) is 5.75 Å². The minimum Gasteiger partial charge on any atom is -0.308 e. The van der Waals surface area contributed by atoms with Crippen LogP contribution in [0.25, 0.3) is 0 Å². The lowest BCUT2D eigenvalue weighted by Crippen LogP contribution is -2.30. The lowest BCUT2D eigenvalue weighted by Gasteiger charge is -2.20. The molecule has 0 aliphatic carbocycles. The molecule has 0 fully saturated rings. The summed E-state index contributed by atoms with van der Waals surface area (Å²) in [7, 11) is -2.88. The molecule has 1 aromatic carbocycles. The van der Waals surface area contributed by atoms with Crippen LogP contribution in [-0.4, -0.2) is 26.5 Å². The molecule has 102 valence electrons. The summed E-state index contributed by atoms with van der Waals surface area (Å²) < 4.78 is 22.2. The average Bonchev–Trinajstić information content (AvgIpc) is 2.26. The molecule has 1 N–H and O–H groups in total. The number of benzene rings is 1. The van der Waals surface area contributed by atoms with Crippen LogP contribution < -0.4 is 5.32 Å². The van der Waals surface area contributed by atoms with Crippen LogP contribution in [0.4, 0.5) is 0 Å². The van der Waals surface area contributed by atoms with Gasteiger partial charge in [0.25, 0.3) is 0 Å². The van der Waals surface area contributed by atoms with Crippen molar-refractivity contribution in [3.05, 3.63) is 34.9 Å². The Morgan fingerprint density at radius 1 is 1.22 bits per heavy atom. The molecule has 1 rings (SSSR count). The van der Waals surface area contributed by atoms with E-state index >= 15 is 0 Å². The highest BCUT2D eigenvalue weighted by Gasteiger charge is 2.11. The minimum absolute atomic E-state index is 0.158. The van der Waals surface area contributed by atoms with Crippen LogP contribution in [0.5, 0.6) is 0 Å². The van der Waals surface area contributed by atoms with Gasteiger partial charge in [0.1, 0.15) is 9.84 Å². The van der Waals surface area contributed by atoms with E-state index in [1.54, 1.807) is 0 Å². The van der Waals surface area contributed by atoms with Gasteiger partial charge < -0.3 is 5.32 Å². The van der Waals surface area contributed by atoms with Gasteiger partial charge in [0, 0.05) is 23.4 Å². The predicted octanol–water partition coefficient (Wildman–Crippen LogP) is 2.81. The predicted molar refractivity (Wildman–Crippen MR) is 76.8 cm³/mol. The number of halogens is 1. The van der Waals surface area contributed by atoms with E-state index in [1.165, 1.54) is 6.26 Å². The summed E-state index contributed by atoms with van der Waals surface area (Å²) in [5.41, 5.74) is 1.14. The van der Waals surface area contributed by atoms with E-state index in [2.05, 4.69) is 12.2 Å². The van der Waals surface area contributed by atoms with E-state index in [1.807, 2.05) is 31.2 Å². The van der Waals surface area contributed by atoms with Crippen LogP contribution in [-0.2, 0) is 9.84 Å². The van der Waals surface area contributed by atoms with Crippen molar-refractivity contribution in [2.24, 2.45) is 0 Å². The Morgan fingerprint density at radius 3 is 2.28 bits per heavy atom. The first kappa shape index (κ1) is 15.5. The van der Waals surface area contributed by atoms with Gasteiger partial charge in [0.2, 0.25) is 0 Å². The molecule has 18 heavy (non-hydrogen) atoms. The van der Waals surface area contributed by atoms with Gasteiger partial charge in [0.15, 0.2) is 0 Å². The molecule has 0 unspecified atom stereocenters. The van der Waals surface area contributed by atoms with Crippen molar-refractivity contribution in [2.45, 2.75) is 32.4 Å². The maximum atomic E-state index is 11.1. The van der Waals surface area contributed by atoms with Gasteiger partial charge in [-0.2, -0.15) is 0 Å². The number of hydrogen-bond donors (Lipinski definition) is 1. The summed E-state index contributed by atoms with van der Waals surface area (Å²) >= 11 is 5.83. The van der Waals surface area contributed by atoms with Crippen LogP contribution in [0.15, 0.2) is 24.3 Å². The highest BCUT2D eigenvalue weighted by molar-refractivity contribution is 7.90. The van der Waals surface area contributed by atoms with Gasteiger partial charge >= 0.3 is 0 Å². The first-order chi connectivity index (χ1) is 8.28. The fourth-order valence-corrected chi connectivity index (χ4v) is 2.66. The Kier molecular flexibility index (Phi) is 5.63. The van der Waals surface area contributed by atoms with E-state index in [4.69, 9.17) is 11.6 Å². The molecule has 0 radical (unpaired) electrons. The third kappa shape index (κ3) is 5.85. The number of nitrogens with one attached hydrogen (secondary N) is 1. The number of rotatable bonds is 6. The Morgan fingerprint density at radius 2 is 1.78 bits per heavy atom. The molecule has 3 nitrogen and oxygen atoms in total. The maximum Gasteiger partial charge on any atom is 0.147 e. The van der Waals surface area contributed by atoms with E-state index < -0.39 is 9.84 Å². The van der Waals surface area contributed by atoms with E-state index in [0.717, 1.165) is 10.6 Å². The van der Waals surface area contributed by atoms with Crippen molar-refractivity contribution in [1.29, 1.82) is 0 Å². The van der Waals surface area contributed by atoms with Gasteiger partial charge in [-0.3, -0.25) is 0 Å². The van der Waals surface area contributed by atoms with Crippen molar-refractivity contribution in [1.82, 2.24) is 5.32 Å². The molecular weight excluding hydrogens is 270 g/mol. The summed E-state index contributed by atoms with van der Waals surface area (Å²) in [6, 6.07) is 8.00. The monoisotopic (exact) mass is 289 g/mol. The average molecular weight is 290 g/mol. The third-order valence-electron chi connectivity index (χ3n) is 2.83. The largest absolute Gasteiger partial charge is 0.308 e. The lowest BCUT2D eigenvalue weighted by atomic mass is 10.1. The molecule has 2 atom stereocenters. The summed E-state index contributed by atoms with van der Waals surface area (Å²) in [6.07, 6.45) is 1.89. The second-order valence-electron chi connectivity index (χ2n) is 4.76. The normalized spacial score (nSPS) is 15.3. The molecule has 0 spiro atoms. The summed E-state index contributed by atoms with van der Waals surface area (Å²) in [4.78, 5) is 0. The molecule has 0 amide bonds. The maximum absolute atomic E-state index is 11.1. The van der Waals surface area contributed by atoms with Gasteiger partial charge in [-0.1, -0.05) is 23.7 Å². The molecule has 0 saturated heterocycles. The topological polar surface area (TPSA) is 46.2 Å². The Hall–Kier alpha value is -0.580. The Labute approximate surface area is 114 Å². The van der Waals surface area contributed by atoms with Crippen LogP contribution in [0, 0.1) is 0 Å². The molecule has 1 aromatic rings. The molecule has 0 aromatic heterocycles. The zero-order chi connectivity index (χ0) is 13.8. The van der Waals surface area contributed by atoms with Crippen molar-refractivity contribution in [3.8, 4) is 0 Å². The van der Waals surface area contributed by atoms with Crippen molar-refractivity contribution < 1.29 is 8.42 Å². The van der Waals surface area contributed by atoms with Crippen LogP contribution in [0.1, 0.15) is 31.9 Å². The summed E-state index contributed by atoms with van der Waals surface area (Å²) in [6.45, 7) is 4.05. The standard InChI is InChI=1S/C13H20ClNO2S/c1-10(8-9-18(3,16)17)15-11(2)12-4-6-13(14)7-5-12/h4-7,10-11,15H,8-9H2,1-3H3/t10-,11+/m0/s1. The first-order valence-corrected chi connectivity index (χ1v) is 8.41. The zero-order valence-corrected chi connectivity index (χ0v) is 12.6. The van der Waals surface area contributed by atoms with E-state index in [-0.39, 0.29) is 17.8 Å². The number of hydrogen-bond acceptors (Lipinski definition) is 3. The summed E-state index contributed by atoms with van der Waals surface area (Å²) in [5, 5.41) is 4.10. The highest BCUT2D eigenvalue weighted by atomic mass is 35.5. The first-order valence-electron chi connectivity index (χ1n) is 5.97. The second kappa shape index (κ2) is 6.55. The fraction of sp³-hybridized carbons (Fsp3) is 0.538. The van der Waals surface area contributed by atoms with E-state index in [0.29, 0.717) is 6.42 Å². The molecule has 0 heterocycles. The van der Waals surface area contributed by atoms with Crippen molar-refractivity contribution in [3.63, 3.8) is 0 Å². The Balaban J connectivity index is 2.49. The smallest absolute Gasteiger partial charge is 0.147 e. The third-order valence-corrected chi connectivity index (χ3v) is 4.06. The van der Waals surface area contributed by atoms with Gasteiger partial charge in [-0.25, -0.2) is 8.42 Å². The van der Waals surface area contributed by atoms with Crippen LogP contribution in [0.3, 0.4) is 0 Å². The van der Waals surface area contributed by atoms with Crippen LogP contribution >= 0.6 is 11.6 Å². The van der Waals surface area contributed by atoms with Crippen LogP contribution in [0.2, 0.25) is 5.02 Å². The molecule has 0 aliphatic heterocycles. The molecule has 0 saturated carbocycles. The van der Waals surface area contributed by atoms with Gasteiger partial charge in [-0.15, -0.1) is 0 Å². The molecule has 0 aliphatic rings. The molecule has 5 heteroatoms. The minimum atomic E-state index is -2.88. The Bertz CT molecular complexity index is 470. The van der Waals surface area contributed by atoms with Crippen molar-refractivity contribution >= 4 is 21.4 Å². The van der Waals surface area contributed by atoms with E-state index in [9.17, 15) is 8.42 Å².